The lowest BCUT2D eigenvalue weighted by molar-refractivity contribution is -0.124. The van der Waals surface area contributed by atoms with E-state index in [0.29, 0.717) is 17.2 Å². The summed E-state index contributed by atoms with van der Waals surface area (Å²) >= 11 is 5.91. The van der Waals surface area contributed by atoms with E-state index in [9.17, 15) is 4.79 Å². The molecule has 0 saturated carbocycles. The number of carbonyl (C=O) groups is 1. The van der Waals surface area contributed by atoms with Crippen molar-refractivity contribution in [2.45, 2.75) is 33.3 Å². The molecule has 0 amide bonds. The molecule has 3 heteroatoms. The number of rotatable bonds is 5. The first-order valence-electron chi connectivity index (χ1n) is 6.97. The van der Waals surface area contributed by atoms with Gasteiger partial charge >= 0.3 is 0 Å². The van der Waals surface area contributed by atoms with Crippen molar-refractivity contribution < 1.29 is 9.53 Å². The first-order valence-corrected chi connectivity index (χ1v) is 7.34. The van der Waals surface area contributed by atoms with Gasteiger partial charge in [0, 0.05) is 11.4 Å². The molecule has 21 heavy (non-hydrogen) atoms. The number of ketones is 1. The van der Waals surface area contributed by atoms with Crippen LogP contribution < -0.4 is 4.74 Å². The Morgan fingerprint density at radius 2 is 1.95 bits per heavy atom. The fraction of sp³-hybridized carbons (Fsp3) is 0.278. The predicted octanol–water partition coefficient (Wildman–Crippen LogP) is 4.54. The predicted molar refractivity (Wildman–Crippen MR) is 86.2 cm³/mol. The fourth-order valence-electron chi connectivity index (χ4n) is 2.13. The molecule has 0 heterocycles. The molecule has 0 fully saturated rings. The number of hydrogen-bond donors (Lipinski definition) is 0. The zero-order valence-electron chi connectivity index (χ0n) is 12.5. The van der Waals surface area contributed by atoms with Crippen LogP contribution in [0.3, 0.4) is 0 Å². The summed E-state index contributed by atoms with van der Waals surface area (Å²) in [5, 5.41) is 0.599. The highest BCUT2D eigenvalue weighted by Gasteiger charge is 2.16. The number of aryl methyl sites for hydroxylation is 2. The van der Waals surface area contributed by atoms with Gasteiger partial charge in [0.15, 0.2) is 11.9 Å². The molecule has 0 saturated heterocycles. The van der Waals surface area contributed by atoms with Crippen LogP contribution in [0.25, 0.3) is 0 Å². The summed E-state index contributed by atoms with van der Waals surface area (Å²) in [7, 11) is 0. The molecule has 0 bridgehead atoms. The quantitative estimate of drug-likeness (QED) is 0.811. The molecule has 2 rings (SSSR count). The Kier molecular flexibility index (Phi) is 5.03. The monoisotopic (exact) mass is 302 g/mol. The summed E-state index contributed by atoms with van der Waals surface area (Å²) in [5.41, 5.74) is 3.34. The Hall–Kier alpha value is -1.80. The average molecular weight is 303 g/mol. The third-order valence-corrected chi connectivity index (χ3v) is 3.67. The zero-order valence-corrected chi connectivity index (χ0v) is 13.3. The standard InChI is InChI=1S/C18H19ClO2/c1-12-7-8-13(2)15(9-12)10-18(20)14(3)21-17-6-4-5-16(19)11-17/h4-9,11,14H,10H2,1-3H3. The van der Waals surface area contributed by atoms with Crippen molar-refractivity contribution in [2.24, 2.45) is 0 Å². The van der Waals surface area contributed by atoms with Crippen LogP contribution in [0.4, 0.5) is 0 Å². The van der Waals surface area contributed by atoms with Crippen LogP contribution >= 0.6 is 11.6 Å². The van der Waals surface area contributed by atoms with E-state index in [1.54, 1.807) is 31.2 Å². The minimum atomic E-state index is -0.497. The Bertz CT molecular complexity index is 649. The molecule has 110 valence electrons. The number of benzene rings is 2. The maximum atomic E-state index is 12.3. The number of carbonyl (C=O) groups excluding carboxylic acids is 1. The van der Waals surface area contributed by atoms with E-state index in [2.05, 4.69) is 12.1 Å². The van der Waals surface area contributed by atoms with Crippen LogP contribution in [0.5, 0.6) is 5.75 Å². The first kappa shape index (κ1) is 15.6. The van der Waals surface area contributed by atoms with Gasteiger partial charge in [-0.05, 0) is 50.1 Å². The number of halogens is 1. The summed E-state index contributed by atoms with van der Waals surface area (Å²) in [5.74, 6) is 0.674. The maximum Gasteiger partial charge on any atom is 0.177 e. The maximum absolute atomic E-state index is 12.3. The highest BCUT2D eigenvalue weighted by atomic mass is 35.5. The van der Waals surface area contributed by atoms with Gasteiger partial charge in [0.05, 0.1) is 0 Å². The SMILES string of the molecule is Cc1ccc(C)c(CC(=O)C(C)Oc2cccc(Cl)c2)c1. The molecular formula is C18H19ClO2. The normalized spacial score (nSPS) is 12.0. The van der Waals surface area contributed by atoms with E-state index in [4.69, 9.17) is 16.3 Å². The molecule has 0 aromatic heterocycles. The van der Waals surface area contributed by atoms with Gasteiger partial charge in [0.2, 0.25) is 0 Å². The van der Waals surface area contributed by atoms with Crippen LogP contribution in [-0.4, -0.2) is 11.9 Å². The Labute approximate surface area is 130 Å². The van der Waals surface area contributed by atoms with Crippen LogP contribution in [0.1, 0.15) is 23.6 Å². The highest BCUT2D eigenvalue weighted by Crippen LogP contribution is 2.19. The van der Waals surface area contributed by atoms with Gasteiger partial charge in [0.25, 0.3) is 0 Å². The van der Waals surface area contributed by atoms with E-state index in [0.717, 1.165) is 16.7 Å². The highest BCUT2D eigenvalue weighted by molar-refractivity contribution is 6.30. The number of hydrogen-bond acceptors (Lipinski definition) is 2. The molecule has 0 aliphatic carbocycles. The van der Waals surface area contributed by atoms with E-state index in [1.807, 2.05) is 19.9 Å². The first-order chi connectivity index (χ1) is 9.95. The van der Waals surface area contributed by atoms with Gasteiger partial charge in [-0.15, -0.1) is 0 Å². The second kappa shape index (κ2) is 6.77. The minimum absolute atomic E-state index is 0.0590. The molecule has 0 aliphatic rings. The molecular weight excluding hydrogens is 284 g/mol. The van der Waals surface area contributed by atoms with Gasteiger partial charge in [-0.1, -0.05) is 41.4 Å². The smallest absolute Gasteiger partial charge is 0.177 e. The van der Waals surface area contributed by atoms with E-state index in [1.165, 1.54) is 0 Å². The average Bonchev–Trinajstić information content (AvgIpc) is 2.43. The van der Waals surface area contributed by atoms with Crippen molar-refractivity contribution in [1.29, 1.82) is 0 Å². The van der Waals surface area contributed by atoms with E-state index < -0.39 is 6.10 Å². The van der Waals surface area contributed by atoms with Crippen LogP contribution in [0.2, 0.25) is 5.02 Å². The number of Topliss-reactive ketones (excluding diaryl/α,β-unsaturated/α-hetero) is 1. The van der Waals surface area contributed by atoms with Crippen LogP contribution in [-0.2, 0) is 11.2 Å². The number of ether oxygens (including phenoxy) is 1. The Morgan fingerprint density at radius 3 is 2.67 bits per heavy atom. The lowest BCUT2D eigenvalue weighted by Gasteiger charge is -2.15. The largest absolute Gasteiger partial charge is 0.483 e. The summed E-state index contributed by atoms with van der Waals surface area (Å²) in [4.78, 5) is 12.3. The van der Waals surface area contributed by atoms with Crippen LogP contribution in [0.15, 0.2) is 42.5 Å². The van der Waals surface area contributed by atoms with Gasteiger partial charge in [-0.3, -0.25) is 4.79 Å². The zero-order chi connectivity index (χ0) is 15.4. The van der Waals surface area contributed by atoms with Crippen molar-refractivity contribution in [1.82, 2.24) is 0 Å². The molecule has 0 N–H and O–H groups in total. The second-order valence-electron chi connectivity index (χ2n) is 5.29. The third-order valence-electron chi connectivity index (χ3n) is 3.43. The van der Waals surface area contributed by atoms with Crippen molar-refractivity contribution in [3.63, 3.8) is 0 Å². The van der Waals surface area contributed by atoms with Gasteiger partial charge in [-0.25, -0.2) is 0 Å². The molecule has 2 nitrogen and oxygen atoms in total. The fourth-order valence-corrected chi connectivity index (χ4v) is 2.31. The summed E-state index contributed by atoms with van der Waals surface area (Å²) in [6, 6.07) is 13.2. The van der Waals surface area contributed by atoms with Gasteiger partial charge < -0.3 is 4.74 Å². The van der Waals surface area contributed by atoms with Gasteiger partial charge in [-0.2, -0.15) is 0 Å². The molecule has 1 atom stereocenters. The van der Waals surface area contributed by atoms with Crippen molar-refractivity contribution >= 4 is 17.4 Å². The molecule has 2 aromatic carbocycles. The molecule has 1 unspecified atom stereocenters. The second-order valence-corrected chi connectivity index (χ2v) is 5.73. The lowest BCUT2D eigenvalue weighted by Crippen LogP contribution is -2.25. The van der Waals surface area contributed by atoms with Crippen LogP contribution in [0, 0.1) is 13.8 Å². The van der Waals surface area contributed by atoms with Crippen molar-refractivity contribution in [2.75, 3.05) is 0 Å². The van der Waals surface area contributed by atoms with Crippen molar-refractivity contribution in [3.8, 4) is 5.75 Å². The topological polar surface area (TPSA) is 26.3 Å². The third kappa shape index (κ3) is 4.33. The Morgan fingerprint density at radius 1 is 1.19 bits per heavy atom. The lowest BCUT2D eigenvalue weighted by atomic mass is 9.99. The summed E-state index contributed by atoms with van der Waals surface area (Å²) in [6.07, 6.45) is -0.113. The van der Waals surface area contributed by atoms with E-state index in [-0.39, 0.29) is 5.78 Å². The summed E-state index contributed by atoms with van der Waals surface area (Å²) < 4.78 is 5.67. The molecule has 0 radical (unpaired) electrons. The van der Waals surface area contributed by atoms with Gasteiger partial charge in [0.1, 0.15) is 5.75 Å². The Balaban J connectivity index is 2.04. The molecule has 0 spiro atoms. The minimum Gasteiger partial charge on any atom is -0.483 e. The summed E-state index contributed by atoms with van der Waals surface area (Å²) in [6.45, 7) is 5.82. The van der Waals surface area contributed by atoms with Crippen molar-refractivity contribution in [3.05, 3.63) is 64.2 Å². The molecule has 2 aromatic rings. The van der Waals surface area contributed by atoms with E-state index >= 15 is 0 Å². The molecule has 0 aliphatic heterocycles.